The van der Waals surface area contributed by atoms with Crippen LogP contribution in [-0.4, -0.2) is 33.2 Å². The zero-order valence-electron chi connectivity index (χ0n) is 25.6. The maximum Gasteiger partial charge on any atom is 0.416 e. The van der Waals surface area contributed by atoms with Crippen molar-refractivity contribution in [3.05, 3.63) is 125 Å². The lowest BCUT2D eigenvalue weighted by atomic mass is 9.91. The SMILES string of the molecule is CN(C)c1ccc(C=Cc2nc3ccccc3c(C=Cc3ccc(N(C)C)cc3)c2-c2cc(C(F)(F)F)cc(C(F)(F)F)c2)cc1. The van der Waals surface area contributed by atoms with Gasteiger partial charge in [-0.1, -0.05) is 60.7 Å². The highest BCUT2D eigenvalue weighted by Crippen LogP contribution is 2.42. The number of hydrogen-bond donors (Lipinski definition) is 0. The van der Waals surface area contributed by atoms with E-state index in [1.807, 2.05) is 86.5 Å². The molecule has 5 rings (SSSR count). The Kier molecular flexibility index (Phi) is 8.96. The number of para-hydroxylation sites is 1. The Labute approximate surface area is 263 Å². The summed E-state index contributed by atoms with van der Waals surface area (Å²) in [5.74, 6) is 0. The van der Waals surface area contributed by atoms with Gasteiger partial charge in [0.2, 0.25) is 0 Å². The summed E-state index contributed by atoms with van der Waals surface area (Å²) in [6.45, 7) is 0. The first kappa shape index (κ1) is 32.3. The monoisotopic (exact) mass is 631 g/mol. The first-order chi connectivity index (χ1) is 21.7. The molecule has 3 nitrogen and oxygen atoms in total. The Hall–Kier alpha value is -5.05. The van der Waals surface area contributed by atoms with Crippen LogP contribution in [0.3, 0.4) is 0 Å². The smallest absolute Gasteiger partial charge is 0.378 e. The zero-order valence-corrected chi connectivity index (χ0v) is 25.6. The molecule has 1 aromatic heterocycles. The molecule has 0 unspecified atom stereocenters. The van der Waals surface area contributed by atoms with Crippen molar-refractivity contribution >= 4 is 46.6 Å². The minimum absolute atomic E-state index is 0.140. The Morgan fingerprint density at radius 2 is 1.04 bits per heavy atom. The van der Waals surface area contributed by atoms with Crippen LogP contribution in [0.4, 0.5) is 37.7 Å². The number of benzene rings is 4. The summed E-state index contributed by atoms with van der Waals surface area (Å²) in [5.41, 5.74) is 1.85. The summed E-state index contributed by atoms with van der Waals surface area (Å²) < 4.78 is 84.0. The highest BCUT2D eigenvalue weighted by Gasteiger charge is 2.37. The molecular formula is C37H31F6N3. The second-order valence-electron chi connectivity index (χ2n) is 11.2. The van der Waals surface area contributed by atoms with Crippen molar-refractivity contribution in [2.45, 2.75) is 12.4 Å². The van der Waals surface area contributed by atoms with Gasteiger partial charge in [0.05, 0.1) is 22.3 Å². The predicted octanol–water partition coefficient (Wildman–Crippen LogP) is 10.4. The third-order valence-corrected chi connectivity index (χ3v) is 7.53. The number of nitrogens with zero attached hydrogens (tertiary/aromatic N) is 3. The summed E-state index contributed by atoms with van der Waals surface area (Å²) in [6, 6.07) is 23.9. The first-order valence-corrected chi connectivity index (χ1v) is 14.3. The van der Waals surface area contributed by atoms with Crippen LogP contribution in [0, 0.1) is 0 Å². The van der Waals surface area contributed by atoms with E-state index < -0.39 is 23.5 Å². The maximum atomic E-state index is 14.0. The summed E-state index contributed by atoms with van der Waals surface area (Å²) in [5, 5.41) is 0.581. The molecule has 0 atom stereocenters. The predicted molar refractivity (Wildman–Crippen MR) is 177 cm³/mol. The Morgan fingerprint density at radius 3 is 1.52 bits per heavy atom. The summed E-state index contributed by atoms with van der Waals surface area (Å²) in [4.78, 5) is 8.63. The molecule has 0 saturated heterocycles. The first-order valence-electron chi connectivity index (χ1n) is 14.3. The van der Waals surface area contributed by atoms with E-state index in [1.165, 1.54) is 0 Å². The average Bonchev–Trinajstić information content (AvgIpc) is 3.01. The van der Waals surface area contributed by atoms with E-state index in [9.17, 15) is 26.3 Å². The molecule has 0 saturated carbocycles. The molecule has 9 heteroatoms. The van der Waals surface area contributed by atoms with Crippen molar-refractivity contribution in [2.75, 3.05) is 38.0 Å². The van der Waals surface area contributed by atoms with Crippen LogP contribution >= 0.6 is 0 Å². The fourth-order valence-corrected chi connectivity index (χ4v) is 5.08. The van der Waals surface area contributed by atoms with E-state index in [0.29, 0.717) is 16.5 Å². The van der Waals surface area contributed by atoms with Gasteiger partial charge in [-0.25, -0.2) is 4.98 Å². The van der Waals surface area contributed by atoms with Gasteiger partial charge < -0.3 is 9.80 Å². The minimum atomic E-state index is -5.01. The Morgan fingerprint density at radius 1 is 0.565 bits per heavy atom. The zero-order chi connectivity index (χ0) is 33.2. The number of rotatable bonds is 7. The fourth-order valence-electron chi connectivity index (χ4n) is 5.08. The van der Waals surface area contributed by atoms with Gasteiger partial charge in [-0.3, -0.25) is 0 Å². The van der Waals surface area contributed by atoms with E-state index in [2.05, 4.69) is 0 Å². The highest BCUT2D eigenvalue weighted by atomic mass is 19.4. The molecule has 0 aliphatic heterocycles. The van der Waals surface area contributed by atoms with Gasteiger partial charge in [-0.2, -0.15) is 26.3 Å². The van der Waals surface area contributed by atoms with Crippen LogP contribution < -0.4 is 9.80 Å². The molecule has 0 bridgehead atoms. The lowest BCUT2D eigenvalue weighted by molar-refractivity contribution is -0.143. The number of anilines is 2. The number of fused-ring (bicyclic) bond motifs is 1. The van der Waals surface area contributed by atoms with Crippen LogP contribution in [0.2, 0.25) is 0 Å². The molecule has 0 aliphatic rings. The number of halogens is 6. The molecule has 0 radical (unpaired) electrons. The molecular weight excluding hydrogens is 600 g/mol. The third kappa shape index (κ3) is 7.25. The van der Waals surface area contributed by atoms with Gasteiger partial charge in [0.15, 0.2) is 0 Å². The van der Waals surface area contributed by atoms with E-state index in [1.54, 1.807) is 48.6 Å². The van der Waals surface area contributed by atoms with Crippen molar-refractivity contribution in [3.8, 4) is 11.1 Å². The van der Waals surface area contributed by atoms with Crippen LogP contribution in [-0.2, 0) is 12.4 Å². The van der Waals surface area contributed by atoms with Crippen molar-refractivity contribution < 1.29 is 26.3 Å². The second-order valence-corrected chi connectivity index (χ2v) is 11.2. The van der Waals surface area contributed by atoms with Crippen molar-refractivity contribution in [2.24, 2.45) is 0 Å². The number of alkyl halides is 6. The van der Waals surface area contributed by atoms with Crippen LogP contribution in [0.1, 0.15) is 33.5 Å². The van der Waals surface area contributed by atoms with Gasteiger partial charge in [-0.05, 0) is 76.9 Å². The van der Waals surface area contributed by atoms with E-state index in [4.69, 9.17) is 4.98 Å². The molecule has 0 N–H and O–H groups in total. The number of hydrogen-bond acceptors (Lipinski definition) is 3. The Bertz CT molecular complexity index is 1870. The largest absolute Gasteiger partial charge is 0.416 e. The van der Waals surface area contributed by atoms with Gasteiger partial charge in [0.1, 0.15) is 0 Å². The quantitative estimate of drug-likeness (QED) is 0.167. The highest BCUT2D eigenvalue weighted by molar-refractivity contribution is 6.00. The molecule has 0 spiro atoms. The maximum absolute atomic E-state index is 14.0. The van der Waals surface area contributed by atoms with E-state index in [-0.39, 0.29) is 22.9 Å². The van der Waals surface area contributed by atoms with Gasteiger partial charge in [0.25, 0.3) is 0 Å². The molecule has 1 heterocycles. The number of pyridine rings is 1. The molecule has 0 fully saturated rings. The normalized spacial score (nSPS) is 12.4. The van der Waals surface area contributed by atoms with Crippen LogP contribution in [0.15, 0.2) is 91.0 Å². The molecule has 0 aliphatic carbocycles. The molecule has 0 amide bonds. The van der Waals surface area contributed by atoms with Crippen LogP contribution in [0.5, 0.6) is 0 Å². The topological polar surface area (TPSA) is 19.4 Å². The van der Waals surface area contributed by atoms with Gasteiger partial charge >= 0.3 is 12.4 Å². The second kappa shape index (κ2) is 12.7. The van der Waals surface area contributed by atoms with Gasteiger partial charge in [-0.15, -0.1) is 0 Å². The third-order valence-electron chi connectivity index (χ3n) is 7.53. The fraction of sp³-hybridized carbons (Fsp3) is 0.162. The molecule has 5 aromatic rings. The Balaban J connectivity index is 1.79. The summed E-state index contributed by atoms with van der Waals surface area (Å²) >= 11 is 0. The summed E-state index contributed by atoms with van der Waals surface area (Å²) in [6.07, 6.45) is -3.13. The number of aromatic nitrogens is 1. The van der Waals surface area contributed by atoms with E-state index >= 15 is 0 Å². The molecule has 236 valence electrons. The standard InChI is InChI=1S/C37H31F6N3/c1-45(2)29-15-9-24(10-16-29)13-19-32-31-7-5-6-8-33(31)44-34(20-14-25-11-17-30(18-12-25)46(3)4)35(32)26-21-27(36(38,39)40)23-28(22-26)37(41,42)43/h5-23H,1-4H3. The van der Waals surface area contributed by atoms with Crippen molar-refractivity contribution in [1.29, 1.82) is 0 Å². The average molecular weight is 632 g/mol. The van der Waals surface area contributed by atoms with Gasteiger partial charge in [0, 0.05) is 50.5 Å². The molecule has 4 aromatic carbocycles. The van der Waals surface area contributed by atoms with Crippen molar-refractivity contribution in [1.82, 2.24) is 4.98 Å². The van der Waals surface area contributed by atoms with Crippen LogP contribution in [0.25, 0.3) is 46.3 Å². The molecule has 46 heavy (non-hydrogen) atoms. The minimum Gasteiger partial charge on any atom is -0.378 e. The van der Waals surface area contributed by atoms with E-state index in [0.717, 1.165) is 34.6 Å². The summed E-state index contributed by atoms with van der Waals surface area (Å²) in [7, 11) is 7.64. The lowest BCUT2D eigenvalue weighted by Crippen LogP contribution is -2.11. The lowest BCUT2D eigenvalue weighted by Gasteiger charge is -2.18. The van der Waals surface area contributed by atoms with Crippen molar-refractivity contribution in [3.63, 3.8) is 0 Å².